The number of barbiturate groups is 1. The van der Waals surface area contributed by atoms with E-state index in [2.05, 4.69) is 0 Å². The van der Waals surface area contributed by atoms with Gasteiger partial charge in [-0.1, -0.05) is 0 Å². The van der Waals surface area contributed by atoms with Crippen molar-refractivity contribution in [2.45, 2.75) is 0 Å². The number of hydrogen-bond acceptors (Lipinski definition) is 4. The molecule has 1 saturated heterocycles. The van der Waals surface area contributed by atoms with E-state index in [1.807, 2.05) is 0 Å². The van der Waals surface area contributed by atoms with Crippen LogP contribution in [0.25, 0.3) is 17.4 Å². The van der Waals surface area contributed by atoms with E-state index in [9.17, 15) is 23.2 Å². The lowest BCUT2D eigenvalue weighted by Gasteiger charge is -2.28. The van der Waals surface area contributed by atoms with Gasteiger partial charge in [0.05, 0.1) is 5.56 Å². The van der Waals surface area contributed by atoms with Crippen molar-refractivity contribution in [1.82, 2.24) is 9.80 Å². The molecule has 2 heterocycles. The molecular formula is C17H12F2N2O4. The van der Waals surface area contributed by atoms with Gasteiger partial charge in [-0.3, -0.25) is 19.4 Å². The van der Waals surface area contributed by atoms with Crippen LogP contribution in [0.2, 0.25) is 0 Å². The molecule has 6 nitrogen and oxygen atoms in total. The van der Waals surface area contributed by atoms with Crippen molar-refractivity contribution in [3.05, 3.63) is 53.3 Å². The van der Waals surface area contributed by atoms with E-state index in [1.54, 1.807) is 0 Å². The highest BCUT2D eigenvalue weighted by atomic mass is 19.1. The standard InChI is InChI=1S/C17H12F2N2O4/c1-20-15(22)12(16(23)21(2)17(20)24)8-10-4-6-14(25-10)11-5-3-9(18)7-13(11)19/h3-8H,1-2H3. The highest BCUT2D eigenvalue weighted by Gasteiger charge is 2.38. The molecule has 0 saturated carbocycles. The molecule has 0 atom stereocenters. The Morgan fingerprint density at radius 2 is 1.60 bits per heavy atom. The van der Waals surface area contributed by atoms with Gasteiger partial charge in [-0.2, -0.15) is 0 Å². The molecule has 3 rings (SSSR count). The van der Waals surface area contributed by atoms with Gasteiger partial charge in [-0.05, 0) is 30.3 Å². The van der Waals surface area contributed by atoms with Crippen LogP contribution in [0.3, 0.4) is 0 Å². The summed E-state index contributed by atoms with van der Waals surface area (Å²) in [5.74, 6) is -2.82. The largest absolute Gasteiger partial charge is 0.457 e. The lowest BCUT2D eigenvalue weighted by atomic mass is 10.1. The van der Waals surface area contributed by atoms with Crippen molar-refractivity contribution in [2.24, 2.45) is 0 Å². The predicted molar refractivity (Wildman–Crippen MR) is 83.0 cm³/mol. The van der Waals surface area contributed by atoms with Gasteiger partial charge >= 0.3 is 6.03 Å². The van der Waals surface area contributed by atoms with Gasteiger partial charge in [0.15, 0.2) is 0 Å². The number of carbonyl (C=O) groups is 3. The second-order valence-corrected chi connectivity index (χ2v) is 5.40. The molecular weight excluding hydrogens is 334 g/mol. The summed E-state index contributed by atoms with van der Waals surface area (Å²) >= 11 is 0. The van der Waals surface area contributed by atoms with Gasteiger partial charge in [0.2, 0.25) is 0 Å². The molecule has 8 heteroatoms. The normalized spacial score (nSPS) is 15.2. The summed E-state index contributed by atoms with van der Waals surface area (Å²) in [7, 11) is 2.51. The Hall–Kier alpha value is -3.29. The van der Waals surface area contributed by atoms with Crippen LogP contribution < -0.4 is 0 Å². The molecule has 128 valence electrons. The minimum absolute atomic E-state index is 0.0387. The van der Waals surface area contributed by atoms with Gasteiger partial charge in [-0.15, -0.1) is 0 Å². The van der Waals surface area contributed by atoms with Crippen LogP contribution in [0.15, 0.2) is 40.3 Å². The first-order valence-electron chi connectivity index (χ1n) is 7.16. The van der Waals surface area contributed by atoms with Crippen LogP contribution >= 0.6 is 0 Å². The first-order valence-corrected chi connectivity index (χ1v) is 7.16. The Balaban J connectivity index is 1.97. The summed E-state index contributed by atoms with van der Waals surface area (Å²) < 4.78 is 32.2. The number of nitrogens with zero attached hydrogens (tertiary/aromatic N) is 2. The molecule has 1 aromatic carbocycles. The zero-order chi connectivity index (χ0) is 18.3. The third-order valence-electron chi connectivity index (χ3n) is 3.75. The van der Waals surface area contributed by atoms with E-state index in [0.29, 0.717) is 0 Å². The van der Waals surface area contributed by atoms with Crippen molar-refractivity contribution in [1.29, 1.82) is 0 Å². The summed E-state index contributed by atoms with van der Waals surface area (Å²) in [6, 6.07) is 5.15. The first-order chi connectivity index (χ1) is 11.8. The zero-order valence-electron chi connectivity index (χ0n) is 13.2. The number of halogens is 2. The molecule has 1 aromatic heterocycles. The number of amides is 4. The van der Waals surface area contributed by atoms with Gasteiger partial charge in [0, 0.05) is 20.2 Å². The molecule has 0 spiro atoms. The quantitative estimate of drug-likeness (QED) is 0.619. The third-order valence-corrected chi connectivity index (χ3v) is 3.75. The maximum Gasteiger partial charge on any atom is 0.333 e. The smallest absolute Gasteiger partial charge is 0.333 e. The van der Waals surface area contributed by atoms with Crippen LogP contribution in [0, 0.1) is 11.6 Å². The Labute approximate surface area is 140 Å². The minimum Gasteiger partial charge on any atom is -0.457 e. The summed E-state index contributed by atoms with van der Waals surface area (Å²) in [5.41, 5.74) is -0.221. The number of carbonyl (C=O) groups excluding carboxylic acids is 3. The number of imide groups is 2. The van der Waals surface area contributed by atoms with E-state index in [1.165, 1.54) is 38.4 Å². The number of urea groups is 1. The van der Waals surface area contributed by atoms with Crippen LogP contribution in [0.1, 0.15) is 5.76 Å². The fourth-order valence-corrected chi connectivity index (χ4v) is 2.38. The second-order valence-electron chi connectivity index (χ2n) is 5.40. The average Bonchev–Trinajstić information content (AvgIpc) is 3.03. The molecule has 1 aliphatic heterocycles. The highest BCUT2D eigenvalue weighted by Crippen LogP contribution is 2.27. The van der Waals surface area contributed by atoms with Gasteiger partial charge in [0.1, 0.15) is 28.7 Å². The molecule has 0 unspecified atom stereocenters. The van der Waals surface area contributed by atoms with Gasteiger partial charge < -0.3 is 4.42 Å². The Kier molecular flexibility index (Phi) is 3.96. The minimum atomic E-state index is -0.802. The molecule has 1 aliphatic rings. The Morgan fingerprint density at radius 3 is 2.20 bits per heavy atom. The van der Waals surface area contributed by atoms with Crippen molar-refractivity contribution >= 4 is 23.9 Å². The molecule has 4 amide bonds. The zero-order valence-corrected chi connectivity index (χ0v) is 13.2. The average molecular weight is 346 g/mol. The van der Waals surface area contributed by atoms with Crippen molar-refractivity contribution < 1.29 is 27.6 Å². The van der Waals surface area contributed by atoms with E-state index >= 15 is 0 Å². The van der Waals surface area contributed by atoms with Crippen molar-refractivity contribution in [2.75, 3.05) is 14.1 Å². The topological polar surface area (TPSA) is 70.8 Å². The van der Waals surface area contributed by atoms with E-state index in [4.69, 9.17) is 4.42 Å². The Bertz CT molecular complexity index is 906. The number of furan rings is 1. The summed E-state index contributed by atoms with van der Waals surface area (Å²) in [4.78, 5) is 37.5. The maximum atomic E-state index is 13.8. The highest BCUT2D eigenvalue weighted by molar-refractivity contribution is 6.30. The molecule has 0 aliphatic carbocycles. The van der Waals surface area contributed by atoms with Crippen LogP contribution in [-0.2, 0) is 9.59 Å². The van der Waals surface area contributed by atoms with Crippen molar-refractivity contribution in [3.8, 4) is 11.3 Å². The van der Waals surface area contributed by atoms with Crippen LogP contribution in [-0.4, -0.2) is 41.7 Å². The first kappa shape index (κ1) is 16.6. The monoisotopic (exact) mass is 346 g/mol. The van der Waals surface area contributed by atoms with E-state index in [0.717, 1.165) is 21.9 Å². The van der Waals surface area contributed by atoms with Crippen LogP contribution in [0.4, 0.5) is 13.6 Å². The SMILES string of the molecule is CN1C(=O)C(=Cc2ccc(-c3ccc(F)cc3F)o2)C(=O)N(C)C1=O. The lowest BCUT2D eigenvalue weighted by molar-refractivity contribution is -0.134. The summed E-state index contributed by atoms with van der Waals surface area (Å²) in [5, 5.41) is 0. The maximum absolute atomic E-state index is 13.8. The van der Waals surface area contributed by atoms with Gasteiger partial charge in [0.25, 0.3) is 11.8 Å². The summed E-state index contributed by atoms with van der Waals surface area (Å²) in [6.07, 6.45) is 1.18. The number of rotatable bonds is 2. The molecule has 25 heavy (non-hydrogen) atoms. The fraction of sp³-hybridized carbons (Fsp3) is 0.118. The third kappa shape index (κ3) is 2.82. The van der Waals surface area contributed by atoms with Crippen LogP contribution in [0.5, 0.6) is 0 Å². The number of benzene rings is 1. The predicted octanol–water partition coefficient (Wildman–Crippen LogP) is 2.66. The summed E-state index contributed by atoms with van der Waals surface area (Å²) in [6.45, 7) is 0. The molecule has 1 fully saturated rings. The molecule has 2 aromatic rings. The fourth-order valence-electron chi connectivity index (χ4n) is 2.38. The molecule has 0 radical (unpaired) electrons. The molecule has 0 N–H and O–H groups in total. The van der Waals surface area contributed by atoms with E-state index in [-0.39, 0.29) is 22.7 Å². The van der Waals surface area contributed by atoms with E-state index < -0.39 is 29.5 Å². The number of likely N-dealkylation sites (N-methyl/N-ethyl adjacent to an activating group) is 2. The second kappa shape index (κ2) is 5.97. The number of hydrogen-bond donors (Lipinski definition) is 0. The lowest BCUT2D eigenvalue weighted by Crippen LogP contribution is -2.52. The van der Waals surface area contributed by atoms with Crippen molar-refractivity contribution in [3.63, 3.8) is 0 Å². The Morgan fingerprint density at radius 1 is 0.960 bits per heavy atom. The van der Waals surface area contributed by atoms with Gasteiger partial charge in [-0.25, -0.2) is 13.6 Å². The molecule has 0 bridgehead atoms.